The van der Waals surface area contributed by atoms with Crippen molar-refractivity contribution in [1.82, 2.24) is 4.90 Å². The molecule has 0 saturated heterocycles. The van der Waals surface area contributed by atoms with Crippen molar-refractivity contribution in [3.63, 3.8) is 0 Å². The molecular weight excluding hydrogens is 336 g/mol. The van der Waals surface area contributed by atoms with Crippen LogP contribution in [0.25, 0.3) is 0 Å². The van der Waals surface area contributed by atoms with Gasteiger partial charge in [0.1, 0.15) is 6.04 Å². The highest BCUT2D eigenvalue weighted by atomic mass is 35.5. The Bertz CT molecular complexity index is 587. The van der Waals surface area contributed by atoms with Gasteiger partial charge in [-0.25, -0.2) is 0 Å². The summed E-state index contributed by atoms with van der Waals surface area (Å²) in [5.41, 5.74) is 6.60. The number of imide groups is 1. The summed E-state index contributed by atoms with van der Waals surface area (Å²) in [7, 11) is 2.71. The van der Waals surface area contributed by atoms with Crippen LogP contribution in [0.2, 0.25) is 0 Å². The van der Waals surface area contributed by atoms with Crippen molar-refractivity contribution in [3.05, 3.63) is 35.4 Å². The van der Waals surface area contributed by atoms with Crippen molar-refractivity contribution in [3.8, 4) is 0 Å². The minimum absolute atomic E-state index is 0. The van der Waals surface area contributed by atoms with Crippen molar-refractivity contribution in [2.45, 2.75) is 25.0 Å². The molecule has 0 saturated carbocycles. The minimum atomic E-state index is -0.896. The molecule has 1 aromatic rings. The fraction of sp³-hybridized carbons (Fsp3) is 0.438. The Morgan fingerprint density at radius 3 is 2.17 bits per heavy atom. The number of amides is 2. The van der Waals surface area contributed by atoms with Crippen molar-refractivity contribution < 1.29 is 23.9 Å². The zero-order chi connectivity index (χ0) is 17.0. The van der Waals surface area contributed by atoms with Gasteiger partial charge in [0.2, 0.25) is 0 Å². The summed E-state index contributed by atoms with van der Waals surface area (Å²) in [6.07, 6.45) is 0.382. The van der Waals surface area contributed by atoms with E-state index in [0.717, 1.165) is 0 Å². The number of rotatable bonds is 7. The van der Waals surface area contributed by atoms with Gasteiger partial charge in [-0.3, -0.25) is 19.3 Å². The van der Waals surface area contributed by atoms with Gasteiger partial charge in [-0.05, 0) is 25.0 Å². The lowest BCUT2D eigenvalue weighted by Crippen LogP contribution is -2.44. The van der Waals surface area contributed by atoms with Gasteiger partial charge >= 0.3 is 5.97 Å². The molecule has 0 bridgehead atoms. The average molecular weight is 357 g/mol. The van der Waals surface area contributed by atoms with E-state index in [-0.39, 0.29) is 30.8 Å². The zero-order valence-corrected chi connectivity index (χ0v) is 14.4. The van der Waals surface area contributed by atoms with Crippen LogP contribution in [-0.2, 0) is 14.3 Å². The smallest absolute Gasteiger partial charge is 0.325 e. The van der Waals surface area contributed by atoms with E-state index >= 15 is 0 Å². The number of methoxy groups -OCH3 is 2. The SMILES string of the molecule is COC(=O)C(N)C(CCCN1C(=O)c2ccccc2C1=O)OC.Cl. The summed E-state index contributed by atoms with van der Waals surface area (Å²) in [6.45, 7) is 0.250. The monoisotopic (exact) mass is 356 g/mol. The molecule has 8 heteroatoms. The number of nitrogens with zero attached hydrogens (tertiary/aromatic N) is 1. The Morgan fingerprint density at radius 1 is 1.17 bits per heavy atom. The van der Waals surface area contributed by atoms with Gasteiger partial charge in [0.15, 0.2) is 0 Å². The molecule has 0 fully saturated rings. The van der Waals surface area contributed by atoms with E-state index in [9.17, 15) is 14.4 Å². The summed E-state index contributed by atoms with van der Waals surface area (Å²) < 4.78 is 9.79. The van der Waals surface area contributed by atoms with Gasteiger partial charge in [0, 0.05) is 13.7 Å². The Balaban J connectivity index is 0.00000288. The molecule has 0 spiro atoms. The first kappa shape index (κ1) is 20.1. The van der Waals surface area contributed by atoms with E-state index < -0.39 is 18.1 Å². The number of carbonyl (C=O) groups excluding carboxylic acids is 3. The molecule has 0 radical (unpaired) electrons. The summed E-state index contributed by atoms with van der Waals surface area (Å²) in [6, 6.07) is 5.84. The molecule has 2 rings (SSSR count). The number of ether oxygens (including phenoxy) is 2. The second kappa shape index (κ2) is 8.77. The largest absolute Gasteiger partial charge is 0.468 e. The third-order valence-corrected chi connectivity index (χ3v) is 3.93. The molecule has 2 amide bonds. The van der Waals surface area contributed by atoms with E-state index in [1.54, 1.807) is 24.3 Å². The number of esters is 1. The quantitative estimate of drug-likeness (QED) is 0.578. The van der Waals surface area contributed by atoms with E-state index in [2.05, 4.69) is 4.74 Å². The lowest BCUT2D eigenvalue weighted by molar-refractivity contribution is -0.145. The fourth-order valence-electron chi connectivity index (χ4n) is 2.62. The minimum Gasteiger partial charge on any atom is -0.468 e. The second-order valence-corrected chi connectivity index (χ2v) is 5.27. The highest BCUT2D eigenvalue weighted by Gasteiger charge is 2.35. The molecule has 7 nitrogen and oxygen atoms in total. The lowest BCUT2D eigenvalue weighted by Gasteiger charge is -2.21. The lowest BCUT2D eigenvalue weighted by atomic mass is 10.1. The van der Waals surface area contributed by atoms with Crippen molar-refractivity contribution in [2.24, 2.45) is 5.73 Å². The molecule has 0 aliphatic carbocycles. The molecule has 2 atom stereocenters. The summed E-state index contributed by atoms with van der Waals surface area (Å²) >= 11 is 0. The van der Waals surface area contributed by atoms with Gasteiger partial charge in [0.05, 0.1) is 24.3 Å². The second-order valence-electron chi connectivity index (χ2n) is 5.27. The van der Waals surface area contributed by atoms with Gasteiger partial charge in [-0.1, -0.05) is 12.1 Å². The molecule has 2 N–H and O–H groups in total. The molecule has 1 aliphatic heterocycles. The predicted molar refractivity (Wildman–Crippen MR) is 89.1 cm³/mol. The van der Waals surface area contributed by atoms with Gasteiger partial charge in [0.25, 0.3) is 11.8 Å². The van der Waals surface area contributed by atoms with Crippen LogP contribution in [0.4, 0.5) is 0 Å². The molecular formula is C16H21ClN2O5. The molecule has 1 aliphatic rings. The number of nitrogens with two attached hydrogens (primary N) is 1. The molecule has 24 heavy (non-hydrogen) atoms. The Labute approximate surface area is 146 Å². The summed E-state index contributed by atoms with van der Waals surface area (Å²) in [4.78, 5) is 37.1. The third kappa shape index (κ3) is 3.92. The van der Waals surface area contributed by atoms with Crippen molar-refractivity contribution in [2.75, 3.05) is 20.8 Å². The van der Waals surface area contributed by atoms with Crippen molar-refractivity contribution in [1.29, 1.82) is 0 Å². The number of hydrogen-bond donors (Lipinski definition) is 1. The maximum absolute atomic E-state index is 12.2. The topological polar surface area (TPSA) is 98.9 Å². The zero-order valence-electron chi connectivity index (χ0n) is 13.6. The molecule has 1 aromatic carbocycles. The Kier molecular flexibility index (Phi) is 7.34. The van der Waals surface area contributed by atoms with Crippen LogP contribution in [0.1, 0.15) is 33.6 Å². The normalized spacial score (nSPS) is 15.5. The van der Waals surface area contributed by atoms with E-state index in [1.807, 2.05) is 0 Å². The van der Waals surface area contributed by atoms with Gasteiger partial charge in [-0.15, -0.1) is 12.4 Å². The highest BCUT2D eigenvalue weighted by molar-refractivity contribution is 6.21. The first-order valence-corrected chi connectivity index (χ1v) is 7.32. The maximum Gasteiger partial charge on any atom is 0.325 e. The standard InChI is InChI=1S/C16H20N2O5.ClH/c1-22-12(13(17)16(21)23-2)8-5-9-18-14(19)10-6-3-4-7-11(10)15(18)20;/h3-4,6-7,12-13H,5,8-9,17H2,1-2H3;1H. The molecule has 132 valence electrons. The Hall–Kier alpha value is -1.96. The molecule has 1 heterocycles. The van der Waals surface area contributed by atoms with E-state index in [1.165, 1.54) is 19.1 Å². The number of carbonyl (C=O) groups is 3. The van der Waals surface area contributed by atoms with Crippen molar-refractivity contribution >= 4 is 30.2 Å². The highest BCUT2D eigenvalue weighted by Crippen LogP contribution is 2.23. The number of hydrogen-bond acceptors (Lipinski definition) is 6. The van der Waals surface area contributed by atoms with Crippen LogP contribution < -0.4 is 5.73 Å². The summed E-state index contributed by atoms with van der Waals surface area (Å²) in [5, 5.41) is 0. The van der Waals surface area contributed by atoms with Gasteiger partial charge in [-0.2, -0.15) is 0 Å². The van der Waals surface area contributed by atoms with Crippen LogP contribution >= 0.6 is 12.4 Å². The van der Waals surface area contributed by atoms with E-state index in [4.69, 9.17) is 10.5 Å². The van der Waals surface area contributed by atoms with E-state index in [0.29, 0.717) is 24.0 Å². The number of halogens is 1. The third-order valence-electron chi connectivity index (χ3n) is 3.93. The average Bonchev–Trinajstić information content (AvgIpc) is 2.82. The van der Waals surface area contributed by atoms with Crippen LogP contribution in [0.15, 0.2) is 24.3 Å². The first-order chi connectivity index (χ1) is 11.0. The van der Waals surface area contributed by atoms with Gasteiger partial charge < -0.3 is 15.2 Å². The molecule has 2 unspecified atom stereocenters. The predicted octanol–water partition coefficient (Wildman–Crippen LogP) is 1.000. The summed E-state index contributed by atoms with van der Waals surface area (Å²) in [5.74, 6) is -1.15. The van der Waals surface area contributed by atoms with Crippen LogP contribution in [0.5, 0.6) is 0 Å². The number of fused-ring (bicyclic) bond motifs is 1. The first-order valence-electron chi connectivity index (χ1n) is 7.32. The van der Waals surface area contributed by atoms with Crippen LogP contribution in [-0.4, -0.2) is 55.6 Å². The van der Waals surface area contributed by atoms with Crippen LogP contribution in [0.3, 0.4) is 0 Å². The fourth-order valence-corrected chi connectivity index (χ4v) is 2.62. The number of benzene rings is 1. The Morgan fingerprint density at radius 2 is 1.71 bits per heavy atom. The maximum atomic E-state index is 12.2. The molecule has 0 aromatic heterocycles. The van der Waals surface area contributed by atoms with Crippen LogP contribution in [0, 0.1) is 0 Å².